The molecule has 6 nitrogen and oxygen atoms in total. The van der Waals surface area contributed by atoms with E-state index in [-0.39, 0.29) is 18.4 Å². The zero-order valence-corrected chi connectivity index (χ0v) is 11.3. The van der Waals surface area contributed by atoms with E-state index in [1.807, 2.05) is 19.1 Å². The molecule has 1 heterocycles. The molecule has 1 aromatic rings. The molecular weight excluding hydrogens is 260 g/mol. The molecule has 108 valence electrons. The van der Waals surface area contributed by atoms with E-state index in [1.54, 1.807) is 17.0 Å². The van der Waals surface area contributed by atoms with Gasteiger partial charge in [0.1, 0.15) is 5.75 Å². The lowest BCUT2D eigenvalue weighted by Crippen LogP contribution is -2.52. The van der Waals surface area contributed by atoms with Gasteiger partial charge in [0, 0.05) is 19.0 Å². The maximum atomic E-state index is 12.0. The molecule has 20 heavy (non-hydrogen) atoms. The number of urea groups is 1. The Morgan fingerprint density at radius 3 is 2.75 bits per heavy atom. The Hall–Kier alpha value is -2.24. The lowest BCUT2D eigenvalue weighted by Gasteiger charge is -2.38. The molecule has 1 fully saturated rings. The topological polar surface area (TPSA) is 78.9 Å². The number of carbonyl (C=O) groups is 2. The van der Waals surface area contributed by atoms with Crippen molar-refractivity contribution >= 4 is 17.7 Å². The highest BCUT2D eigenvalue weighted by molar-refractivity contribution is 5.91. The average Bonchev–Trinajstić information content (AvgIpc) is 2.35. The maximum Gasteiger partial charge on any atom is 0.321 e. The highest BCUT2D eigenvalue weighted by Gasteiger charge is 2.32. The third kappa shape index (κ3) is 3.40. The monoisotopic (exact) mass is 278 g/mol. The van der Waals surface area contributed by atoms with Crippen LogP contribution in [0.4, 0.5) is 10.5 Å². The van der Waals surface area contributed by atoms with Crippen LogP contribution >= 0.6 is 0 Å². The molecule has 0 saturated carbocycles. The van der Waals surface area contributed by atoms with Gasteiger partial charge in [-0.1, -0.05) is 12.1 Å². The highest BCUT2D eigenvalue weighted by Crippen LogP contribution is 2.26. The molecule has 0 bridgehead atoms. The third-order valence-corrected chi connectivity index (χ3v) is 3.14. The van der Waals surface area contributed by atoms with Crippen LogP contribution in [-0.4, -0.2) is 41.7 Å². The van der Waals surface area contributed by atoms with Crippen molar-refractivity contribution in [2.75, 3.05) is 25.0 Å². The minimum Gasteiger partial charge on any atom is -0.492 e. The second kappa shape index (κ2) is 6.27. The Kier molecular flexibility index (Phi) is 4.45. The van der Waals surface area contributed by atoms with Crippen molar-refractivity contribution in [2.45, 2.75) is 13.3 Å². The zero-order valence-electron chi connectivity index (χ0n) is 11.3. The van der Waals surface area contributed by atoms with Gasteiger partial charge in [-0.2, -0.15) is 0 Å². The van der Waals surface area contributed by atoms with E-state index < -0.39 is 5.97 Å². The Labute approximate surface area is 117 Å². The molecule has 1 saturated heterocycles. The maximum absolute atomic E-state index is 12.0. The quantitative estimate of drug-likeness (QED) is 0.863. The van der Waals surface area contributed by atoms with Gasteiger partial charge in [0.25, 0.3) is 0 Å². The number of hydrogen-bond donors (Lipinski definition) is 2. The van der Waals surface area contributed by atoms with Crippen LogP contribution < -0.4 is 10.1 Å². The van der Waals surface area contributed by atoms with Gasteiger partial charge in [-0.05, 0) is 19.1 Å². The number of nitrogens with one attached hydrogen (secondary N) is 1. The number of carboxylic acids is 1. The lowest BCUT2D eigenvalue weighted by atomic mass is 9.97. The fourth-order valence-corrected chi connectivity index (χ4v) is 2.16. The SMILES string of the molecule is CCOc1ccccc1NC(=O)N1CC(CC(=O)O)C1. The summed E-state index contributed by atoms with van der Waals surface area (Å²) in [4.78, 5) is 24.1. The molecule has 2 amide bonds. The van der Waals surface area contributed by atoms with Gasteiger partial charge in [-0.15, -0.1) is 0 Å². The predicted octanol–water partition coefficient (Wildman–Crippen LogP) is 2.02. The van der Waals surface area contributed by atoms with E-state index in [0.717, 1.165) is 0 Å². The van der Waals surface area contributed by atoms with Crippen LogP contribution in [0.2, 0.25) is 0 Å². The number of benzene rings is 1. The van der Waals surface area contributed by atoms with Gasteiger partial charge in [0.2, 0.25) is 0 Å². The number of carboxylic acid groups (broad SMARTS) is 1. The highest BCUT2D eigenvalue weighted by atomic mass is 16.5. The van der Waals surface area contributed by atoms with Crippen LogP contribution in [0.15, 0.2) is 24.3 Å². The first-order valence-corrected chi connectivity index (χ1v) is 6.59. The van der Waals surface area contributed by atoms with Crippen molar-refractivity contribution in [2.24, 2.45) is 5.92 Å². The Bertz CT molecular complexity index is 498. The zero-order chi connectivity index (χ0) is 14.5. The normalized spacial score (nSPS) is 14.6. The summed E-state index contributed by atoms with van der Waals surface area (Å²) in [6, 6.07) is 7.01. The molecule has 2 N–H and O–H groups in total. The number of rotatable bonds is 5. The molecule has 1 aliphatic heterocycles. The molecule has 1 aliphatic rings. The van der Waals surface area contributed by atoms with Crippen LogP contribution in [0, 0.1) is 5.92 Å². The number of amides is 2. The summed E-state index contributed by atoms with van der Waals surface area (Å²) in [6.07, 6.45) is 0.110. The molecule has 0 atom stereocenters. The van der Waals surface area contributed by atoms with E-state index in [1.165, 1.54) is 0 Å². The molecule has 0 aromatic heterocycles. The van der Waals surface area contributed by atoms with Crippen LogP contribution in [0.1, 0.15) is 13.3 Å². The number of ether oxygens (including phenoxy) is 1. The number of nitrogens with zero attached hydrogens (tertiary/aromatic N) is 1. The second-order valence-corrected chi connectivity index (χ2v) is 4.73. The summed E-state index contributed by atoms with van der Waals surface area (Å²) in [5, 5.41) is 11.5. The molecule has 0 aliphatic carbocycles. The first-order chi connectivity index (χ1) is 9.60. The Balaban J connectivity index is 1.88. The van der Waals surface area contributed by atoms with E-state index in [2.05, 4.69) is 5.32 Å². The molecule has 0 unspecified atom stereocenters. The second-order valence-electron chi connectivity index (χ2n) is 4.73. The molecule has 6 heteroatoms. The van der Waals surface area contributed by atoms with E-state index in [4.69, 9.17) is 9.84 Å². The predicted molar refractivity (Wildman–Crippen MR) is 73.9 cm³/mol. The smallest absolute Gasteiger partial charge is 0.321 e. The Morgan fingerprint density at radius 2 is 2.10 bits per heavy atom. The molecular formula is C14H18N2O4. The van der Waals surface area contributed by atoms with Gasteiger partial charge in [0.15, 0.2) is 0 Å². The fourth-order valence-electron chi connectivity index (χ4n) is 2.16. The number of likely N-dealkylation sites (tertiary alicyclic amines) is 1. The van der Waals surface area contributed by atoms with E-state index in [9.17, 15) is 9.59 Å². The van der Waals surface area contributed by atoms with Crippen LogP contribution in [0.3, 0.4) is 0 Å². The first-order valence-electron chi connectivity index (χ1n) is 6.59. The van der Waals surface area contributed by atoms with Gasteiger partial charge in [-0.3, -0.25) is 4.79 Å². The minimum absolute atomic E-state index is 0.0559. The van der Waals surface area contributed by atoms with Crippen molar-refractivity contribution in [3.8, 4) is 5.75 Å². The fraction of sp³-hybridized carbons (Fsp3) is 0.429. The molecule has 1 aromatic carbocycles. The van der Waals surface area contributed by atoms with Crippen molar-refractivity contribution < 1.29 is 19.4 Å². The Morgan fingerprint density at radius 1 is 1.40 bits per heavy atom. The summed E-state index contributed by atoms with van der Waals surface area (Å²) in [5.41, 5.74) is 0.626. The van der Waals surface area contributed by atoms with E-state index in [0.29, 0.717) is 31.1 Å². The standard InChI is InChI=1S/C14H18N2O4/c1-2-20-12-6-4-3-5-11(12)15-14(19)16-8-10(9-16)7-13(17)18/h3-6,10H,2,7-9H2,1H3,(H,15,19)(H,17,18). The average molecular weight is 278 g/mol. The summed E-state index contributed by atoms with van der Waals surface area (Å²) < 4.78 is 5.43. The van der Waals surface area contributed by atoms with Gasteiger partial charge in [0.05, 0.1) is 18.7 Å². The van der Waals surface area contributed by atoms with E-state index >= 15 is 0 Å². The number of para-hydroxylation sites is 2. The summed E-state index contributed by atoms with van der Waals surface area (Å²) in [6.45, 7) is 3.37. The summed E-state index contributed by atoms with van der Waals surface area (Å²) >= 11 is 0. The van der Waals surface area contributed by atoms with Crippen LogP contribution in [0.5, 0.6) is 5.75 Å². The number of anilines is 1. The minimum atomic E-state index is -0.822. The lowest BCUT2D eigenvalue weighted by molar-refractivity contribution is -0.139. The largest absolute Gasteiger partial charge is 0.492 e. The van der Waals surface area contributed by atoms with Crippen molar-refractivity contribution in [3.05, 3.63) is 24.3 Å². The third-order valence-electron chi connectivity index (χ3n) is 3.14. The molecule has 2 rings (SSSR count). The van der Waals surface area contributed by atoms with Crippen LogP contribution in [-0.2, 0) is 4.79 Å². The van der Waals surface area contributed by atoms with Crippen molar-refractivity contribution in [1.29, 1.82) is 0 Å². The molecule has 0 radical (unpaired) electrons. The number of aliphatic carboxylic acids is 1. The number of hydrogen-bond acceptors (Lipinski definition) is 3. The van der Waals surface area contributed by atoms with Gasteiger partial charge >= 0.3 is 12.0 Å². The van der Waals surface area contributed by atoms with Crippen molar-refractivity contribution in [3.63, 3.8) is 0 Å². The summed E-state index contributed by atoms with van der Waals surface area (Å²) in [7, 11) is 0. The first kappa shape index (κ1) is 14.2. The summed E-state index contributed by atoms with van der Waals surface area (Å²) in [5.74, 6) is -0.136. The number of carbonyl (C=O) groups excluding carboxylic acids is 1. The molecule has 0 spiro atoms. The van der Waals surface area contributed by atoms with Crippen molar-refractivity contribution in [1.82, 2.24) is 4.90 Å². The van der Waals surface area contributed by atoms with Crippen LogP contribution in [0.25, 0.3) is 0 Å². The van der Waals surface area contributed by atoms with Gasteiger partial charge in [-0.25, -0.2) is 4.79 Å². The van der Waals surface area contributed by atoms with Gasteiger partial charge < -0.3 is 20.1 Å².